The Hall–Kier alpha value is -3.00. The van der Waals surface area contributed by atoms with Gasteiger partial charge in [-0.25, -0.2) is 8.42 Å². The number of rotatable bonds is 5. The fourth-order valence-electron chi connectivity index (χ4n) is 2.07. The average Bonchev–Trinajstić information content (AvgIpc) is 3.29. The molecule has 0 fully saturated rings. The molecule has 3 aromatic rings. The molecule has 2 aromatic heterocycles. The lowest BCUT2D eigenvalue weighted by Gasteiger charge is -1.99. The minimum atomic E-state index is -3.53. The maximum atomic E-state index is 12.3. The summed E-state index contributed by atoms with van der Waals surface area (Å²) in [6.45, 7) is 0. The number of nitriles is 1. The number of nitrogens with zero attached hydrogens (tertiary/aromatic N) is 3. The molecule has 0 spiro atoms. The number of carbonyl (C=O) groups excluding carboxylic acids is 1. The number of furan rings is 1. The molecule has 8 nitrogen and oxygen atoms in total. The molecule has 0 bridgehead atoms. The van der Waals surface area contributed by atoms with Crippen LogP contribution >= 0.6 is 22.9 Å². The van der Waals surface area contributed by atoms with Crippen LogP contribution in [0.25, 0.3) is 17.4 Å². The Balaban J connectivity index is 1.78. The van der Waals surface area contributed by atoms with Crippen molar-refractivity contribution in [3.8, 4) is 17.4 Å². The van der Waals surface area contributed by atoms with E-state index in [0.717, 1.165) is 11.8 Å². The predicted molar refractivity (Wildman–Crippen MR) is 104 cm³/mol. The molecule has 11 heteroatoms. The summed E-state index contributed by atoms with van der Waals surface area (Å²) in [6, 6.07) is 12.1. The smallest absolute Gasteiger partial charge is 0.268 e. The van der Waals surface area contributed by atoms with Gasteiger partial charge in [-0.1, -0.05) is 22.9 Å². The second-order valence-electron chi connectivity index (χ2n) is 5.48. The highest BCUT2D eigenvalue weighted by atomic mass is 35.5. The lowest BCUT2D eigenvalue weighted by atomic mass is 10.2. The maximum Gasteiger partial charge on any atom is 0.268 e. The van der Waals surface area contributed by atoms with Crippen molar-refractivity contribution in [2.24, 2.45) is 0 Å². The number of halogens is 1. The van der Waals surface area contributed by atoms with E-state index in [-0.39, 0.29) is 15.0 Å². The topological polar surface area (TPSA) is 126 Å². The van der Waals surface area contributed by atoms with Crippen molar-refractivity contribution in [2.45, 2.75) is 4.34 Å². The van der Waals surface area contributed by atoms with Crippen LogP contribution < -0.4 is 5.32 Å². The van der Waals surface area contributed by atoms with Gasteiger partial charge in [0.1, 0.15) is 23.2 Å². The lowest BCUT2D eigenvalue weighted by molar-refractivity contribution is -0.112. The van der Waals surface area contributed by atoms with E-state index in [4.69, 9.17) is 16.0 Å². The second-order valence-corrected chi connectivity index (χ2v) is 9.08. The third-order valence-corrected chi connectivity index (χ3v) is 6.11. The monoisotopic (exact) mass is 434 g/mol. The zero-order chi connectivity index (χ0) is 20.3. The Morgan fingerprint density at radius 3 is 2.57 bits per heavy atom. The number of nitrogens with one attached hydrogen (secondary N) is 1. The number of aromatic nitrogens is 2. The molecule has 0 atom stereocenters. The standard InChI is InChI=1S/C17H11ClN4O4S2/c1-28(24,25)17-22-21-16(27-17)20-15(23)11(9-19)8-13-6-7-14(26-13)10-2-4-12(18)5-3-10/h2-8H,1H3,(H,20,21,23)/b11-8-. The van der Waals surface area contributed by atoms with Crippen LogP contribution in [-0.2, 0) is 14.6 Å². The van der Waals surface area contributed by atoms with Crippen LogP contribution in [0.3, 0.4) is 0 Å². The Morgan fingerprint density at radius 2 is 1.96 bits per heavy atom. The maximum absolute atomic E-state index is 12.3. The number of sulfone groups is 1. The molecule has 28 heavy (non-hydrogen) atoms. The van der Waals surface area contributed by atoms with Crippen molar-refractivity contribution in [3.63, 3.8) is 0 Å². The molecule has 1 aromatic carbocycles. The van der Waals surface area contributed by atoms with E-state index < -0.39 is 15.7 Å². The average molecular weight is 435 g/mol. The zero-order valence-electron chi connectivity index (χ0n) is 14.2. The molecule has 142 valence electrons. The summed E-state index contributed by atoms with van der Waals surface area (Å²) < 4.78 is 28.2. The number of hydrogen-bond acceptors (Lipinski definition) is 8. The summed E-state index contributed by atoms with van der Waals surface area (Å²) >= 11 is 6.55. The van der Waals surface area contributed by atoms with Gasteiger partial charge in [0.25, 0.3) is 5.91 Å². The molecule has 0 radical (unpaired) electrons. The summed E-state index contributed by atoms with van der Waals surface area (Å²) in [6.07, 6.45) is 2.25. The number of carbonyl (C=O) groups is 1. The summed E-state index contributed by atoms with van der Waals surface area (Å²) in [5, 5.41) is 19.2. The number of hydrogen-bond donors (Lipinski definition) is 1. The van der Waals surface area contributed by atoms with Gasteiger partial charge in [0, 0.05) is 22.9 Å². The van der Waals surface area contributed by atoms with Crippen LogP contribution in [0.1, 0.15) is 5.76 Å². The summed E-state index contributed by atoms with van der Waals surface area (Å²) in [7, 11) is -3.53. The third kappa shape index (κ3) is 4.64. The van der Waals surface area contributed by atoms with Gasteiger partial charge < -0.3 is 4.42 Å². The van der Waals surface area contributed by atoms with Crippen LogP contribution in [0, 0.1) is 11.3 Å². The SMILES string of the molecule is CS(=O)(=O)c1nnc(NC(=O)/C(C#N)=C\c2ccc(-c3ccc(Cl)cc3)o2)s1. The molecule has 1 amide bonds. The molecule has 0 saturated carbocycles. The fraction of sp³-hybridized carbons (Fsp3) is 0.0588. The molecular weight excluding hydrogens is 424 g/mol. The van der Waals surface area contributed by atoms with Crippen molar-refractivity contribution in [2.75, 3.05) is 11.6 Å². The van der Waals surface area contributed by atoms with Crippen molar-refractivity contribution in [1.82, 2.24) is 10.2 Å². The number of benzene rings is 1. The number of amides is 1. The first-order chi connectivity index (χ1) is 13.3. The first kappa shape index (κ1) is 19.8. The van der Waals surface area contributed by atoms with E-state index in [0.29, 0.717) is 27.9 Å². The van der Waals surface area contributed by atoms with Gasteiger partial charge in [-0.15, -0.1) is 10.2 Å². The van der Waals surface area contributed by atoms with E-state index in [9.17, 15) is 18.5 Å². The van der Waals surface area contributed by atoms with Gasteiger partial charge in [-0.2, -0.15) is 5.26 Å². The van der Waals surface area contributed by atoms with Gasteiger partial charge in [0.05, 0.1) is 0 Å². The van der Waals surface area contributed by atoms with E-state index in [1.54, 1.807) is 42.5 Å². The van der Waals surface area contributed by atoms with Crippen molar-refractivity contribution >= 4 is 49.9 Å². The van der Waals surface area contributed by atoms with Gasteiger partial charge in [-0.3, -0.25) is 10.1 Å². The zero-order valence-corrected chi connectivity index (χ0v) is 16.6. The van der Waals surface area contributed by atoms with Crippen molar-refractivity contribution in [1.29, 1.82) is 5.26 Å². The summed E-state index contributed by atoms with van der Waals surface area (Å²) in [5.74, 6) is 0.0800. The van der Waals surface area contributed by atoms with E-state index in [2.05, 4.69) is 15.5 Å². The van der Waals surface area contributed by atoms with Crippen molar-refractivity contribution in [3.05, 3.63) is 52.8 Å². The quantitative estimate of drug-likeness (QED) is 0.370. The summed E-state index contributed by atoms with van der Waals surface area (Å²) in [4.78, 5) is 12.3. The van der Waals surface area contributed by atoms with Crippen LogP contribution in [-0.4, -0.2) is 30.8 Å². The Labute approximate surface area is 169 Å². The third-order valence-electron chi connectivity index (χ3n) is 3.35. The van der Waals surface area contributed by atoms with E-state index in [1.165, 1.54) is 6.08 Å². The highest BCUT2D eigenvalue weighted by molar-refractivity contribution is 7.92. The molecular formula is C17H11ClN4O4S2. The highest BCUT2D eigenvalue weighted by Gasteiger charge is 2.18. The highest BCUT2D eigenvalue weighted by Crippen LogP contribution is 2.25. The van der Waals surface area contributed by atoms with E-state index >= 15 is 0 Å². The molecule has 0 aliphatic heterocycles. The molecule has 3 rings (SSSR count). The molecule has 0 unspecified atom stereocenters. The summed E-state index contributed by atoms with van der Waals surface area (Å²) in [5.41, 5.74) is 0.544. The van der Waals surface area contributed by atoms with Crippen molar-refractivity contribution < 1.29 is 17.6 Å². The van der Waals surface area contributed by atoms with E-state index in [1.807, 2.05) is 0 Å². The molecule has 2 heterocycles. The Bertz CT molecular complexity index is 1200. The first-order valence-corrected chi connectivity index (χ1v) is 10.7. The minimum Gasteiger partial charge on any atom is -0.457 e. The van der Waals surface area contributed by atoms with Crippen LogP contribution in [0.2, 0.25) is 5.02 Å². The Kier molecular flexibility index (Phi) is 5.60. The van der Waals surface area contributed by atoms with Gasteiger partial charge in [0.2, 0.25) is 19.3 Å². The predicted octanol–water partition coefficient (Wildman–Crippen LogP) is 3.40. The normalized spacial score (nSPS) is 11.8. The lowest BCUT2D eigenvalue weighted by Crippen LogP contribution is -2.13. The molecule has 1 N–H and O–H groups in total. The number of anilines is 1. The van der Waals surface area contributed by atoms with Gasteiger partial charge in [-0.05, 0) is 36.4 Å². The molecule has 0 aliphatic rings. The largest absolute Gasteiger partial charge is 0.457 e. The van der Waals surface area contributed by atoms with Crippen LogP contribution in [0.15, 0.2) is 50.7 Å². The minimum absolute atomic E-state index is 0.0344. The first-order valence-electron chi connectivity index (χ1n) is 7.59. The van der Waals surface area contributed by atoms with Crippen LogP contribution in [0.5, 0.6) is 0 Å². The van der Waals surface area contributed by atoms with Crippen LogP contribution in [0.4, 0.5) is 5.13 Å². The van der Waals surface area contributed by atoms with Gasteiger partial charge in [0.15, 0.2) is 0 Å². The van der Waals surface area contributed by atoms with Gasteiger partial charge >= 0.3 is 0 Å². The molecule has 0 aliphatic carbocycles. The Morgan fingerprint density at radius 1 is 1.25 bits per heavy atom. The second kappa shape index (κ2) is 7.93. The molecule has 0 saturated heterocycles. The fourth-order valence-corrected chi connectivity index (χ4v) is 3.70.